The van der Waals surface area contributed by atoms with E-state index in [-0.39, 0.29) is 17.8 Å². The molecule has 0 spiro atoms. The van der Waals surface area contributed by atoms with Crippen molar-refractivity contribution in [1.82, 2.24) is 14.9 Å². The van der Waals surface area contributed by atoms with Crippen LogP contribution in [0.25, 0.3) is 22.9 Å². The first-order valence-electron chi connectivity index (χ1n) is 21.9. The Bertz CT molecular complexity index is 2620. The van der Waals surface area contributed by atoms with E-state index in [9.17, 15) is 14.7 Å². The van der Waals surface area contributed by atoms with Crippen LogP contribution in [0.15, 0.2) is 161 Å². The molecule has 11 heteroatoms. The van der Waals surface area contributed by atoms with Crippen LogP contribution in [-0.4, -0.2) is 65.3 Å². The summed E-state index contributed by atoms with van der Waals surface area (Å²) in [4.78, 5) is 34.6. The molecule has 65 heavy (non-hydrogen) atoms. The number of aryl methyl sites for hydroxylation is 2. The number of methoxy groups -OCH3 is 1. The Morgan fingerprint density at radius 2 is 1.18 bits per heavy atom. The summed E-state index contributed by atoms with van der Waals surface area (Å²) >= 11 is 0. The first kappa shape index (κ1) is 45.8. The van der Waals surface area contributed by atoms with Gasteiger partial charge in [0.15, 0.2) is 0 Å². The van der Waals surface area contributed by atoms with Crippen LogP contribution in [0, 0.1) is 25.7 Å². The average molecular weight is 874 g/mol. The number of rotatable bonds is 18. The molecule has 1 aliphatic heterocycles. The molecule has 7 aromatic rings. The fraction of sp³-hybridized carbons (Fsp3) is 0.259. The number of ether oxygens (including phenoxy) is 3. The zero-order valence-corrected chi connectivity index (χ0v) is 37.1. The highest BCUT2D eigenvalue weighted by molar-refractivity contribution is 5.81. The van der Waals surface area contributed by atoms with Gasteiger partial charge in [-0.2, -0.15) is 0 Å². The highest BCUT2D eigenvalue weighted by atomic mass is 16.5. The molecule has 3 heterocycles. The number of oxazole rings is 2. The molecule has 334 valence electrons. The minimum absolute atomic E-state index is 0.0608. The zero-order chi connectivity index (χ0) is 45.4. The van der Waals surface area contributed by atoms with Crippen LogP contribution in [0.2, 0.25) is 0 Å². The normalized spacial score (nSPS) is 14.8. The second-order valence-electron chi connectivity index (χ2n) is 16.0. The lowest BCUT2D eigenvalue weighted by molar-refractivity contribution is -0.142. The van der Waals surface area contributed by atoms with Gasteiger partial charge < -0.3 is 28.2 Å². The predicted molar refractivity (Wildman–Crippen MR) is 250 cm³/mol. The fourth-order valence-electron chi connectivity index (χ4n) is 7.86. The SMILES string of the molecule is COC(=O)/C=C\Cc1cccc(OCCc2nc(-c3ccccc3)oc2C)c1.Cc1oc(-c2ccccc2)nc1CCOc1cccc(C[C@H]2CN(Cc3ccccc3)C[C@H]2C(=O)O)c1. The van der Waals surface area contributed by atoms with Gasteiger partial charge in [0.1, 0.15) is 23.0 Å². The van der Waals surface area contributed by atoms with E-state index < -0.39 is 5.97 Å². The number of nitrogens with zero attached hydrogens (tertiary/aromatic N) is 3. The van der Waals surface area contributed by atoms with Crippen LogP contribution in [0.5, 0.6) is 11.5 Å². The lowest BCUT2D eigenvalue weighted by Crippen LogP contribution is -2.24. The molecule has 2 aromatic heterocycles. The Hall–Kier alpha value is -7.24. The molecule has 0 bridgehead atoms. The van der Waals surface area contributed by atoms with Crippen LogP contribution in [0.1, 0.15) is 39.6 Å². The molecule has 0 saturated carbocycles. The van der Waals surface area contributed by atoms with E-state index in [1.54, 1.807) is 6.08 Å². The number of carboxylic acids is 1. The summed E-state index contributed by atoms with van der Waals surface area (Å²) in [6.07, 6.45) is 5.84. The maximum atomic E-state index is 12.0. The molecular formula is C54H55N3O8. The molecule has 0 aliphatic carbocycles. The summed E-state index contributed by atoms with van der Waals surface area (Å²) < 4.78 is 28.1. The van der Waals surface area contributed by atoms with Gasteiger partial charge in [0.25, 0.3) is 0 Å². The monoisotopic (exact) mass is 873 g/mol. The number of hydrogen-bond donors (Lipinski definition) is 1. The van der Waals surface area contributed by atoms with Crippen molar-refractivity contribution < 1.29 is 37.7 Å². The van der Waals surface area contributed by atoms with Crippen molar-refractivity contribution in [3.63, 3.8) is 0 Å². The van der Waals surface area contributed by atoms with E-state index in [1.165, 1.54) is 18.7 Å². The highest BCUT2D eigenvalue weighted by Gasteiger charge is 2.37. The van der Waals surface area contributed by atoms with Crippen molar-refractivity contribution in [2.45, 2.75) is 46.1 Å². The topological polar surface area (TPSA) is 137 Å². The van der Waals surface area contributed by atoms with Crippen LogP contribution in [0.4, 0.5) is 0 Å². The molecule has 1 N–H and O–H groups in total. The minimum atomic E-state index is -0.717. The summed E-state index contributed by atoms with van der Waals surface area (Å²) in [5.74, 6) is 3.06. The number of carbonyl (C=O) groups excluding carboxylic acids is 1. The number of allylic oxidation sites excluding steroid dienone is 1. The molecule has 0 radical (unpaired) electrons. The Morgan fingerprint density at radius 3 is 1.72 bits per heavy atom. The number of carbonyl (C=O) groups is 2. The Balaban J connectivity index is 0.000000202. The van der Waals surface area contributed by atoms with Crippen molar-refractivity contribution in [3.05, 3.63) is 191 Å². The molecule has 0 unspecified atom stereocenters. The number of likely N-dealkylation sites (tertiary alicyclic amines) is 1. The van der Waals surface area contributed by atoms with Crippen LogP contribution in [-0.2, 0) is 46.6 Å². The lowest BCUT2D eigenvalue weighted by Gasteiger charge is -2.16. The van der Waals surface area contributed by atoms with E-state index in [0.717, 1.165) is 69.8 Å². The number of hydrogen-bond acceptors (Lipinski definition) is 10. The van der Waals surface area contributed by atoms with Crippen molar-refractivity contribution in [1.29, 1.82) is 0 Å². The van der Waals surface area contributed by atoms with Gasteiger partial charge in [0.05, 0.1) is 37.6 Å². The third kappa shape index (κ3) is 13.4. The maximum Gasteiger partial charge on any atom is 0.330 e. The van der Waals surface area contributed by atoms with E-state index in [0.29, 0.717) is 57.2 Å². The smallest absolute Gasteiger partial charge is 0.330 e. The second-order valence-corrected chi connectivity index (χ2v) is 16.0. The molecule has 2 atom stereocenters. The molecular weight excluding hydrogens is 819 g/mol. The van der Waals surface area contributed by atoms with Crippen molar-refractivity contribution >= 4 is 11.9 Å². The number of aliphatic carboxylic acids is 1. The summed E-state index contributed by atoms with van der Waals surface area (Å²) in [5.41, 5.74) is 7.08. The van der Waals surface area contributed by atoms with Crippen LogP contribution in [0.3, 0.4) is 0 Å². The summed E-state index contributed by atoms with van der Waals surface area (Å²) in [6.45, 7) is 6.96. The number of aromatic nitrogens is 2. The Labute approximate surface area is 380 Å². The molecule has 0 amide bonds. The van der Waals surface area contributed by atoms with Crippen LogP contribution < -0.4 is 9.47 Å². The van der Waals surface area contributed by atoms with Gasteiger partial charge in [-0.3, -0.25) is 9.69 Å². The Kier molecular flexibility index (Phi) is 16.1. The standard InChI is InChI=1S/C31H32N2O4.C23H23NO4/c1-22-29(32-30(37-22)25-12-6-3-7-13-25)15-16-36-27-14-8-11-24(18-27)17-26-20-33(21-28(26)31(34)35)19-23-9-4-2-5-10-23;1-17-21(24-23(28-17)19-10-4-3-5-11-19)14-15-27-20-12-6-8-18(16-20)9-7-13-22(25)26-2/h2-14,18,26,28H,15-17,19-21H2,1H3,(H,34,35);3-8,10-13,16H,9,14-15H2,1-2H3/b;13-7-/t26-,28+;/m0./s1. The van der Waals surface area contributed by atoms with Gasteiger partial charge in [0, 0.05) is 49.7 Å². The van der Waals surface area contributed by atoms with Crippen molar-refractivity contribution in [3.8, 4) is 34.4 Å². The van der Waals surface area contributed by atoms with Gasteiger partial charge >= 0.3 is 11.9 Å². The number of esters is 1. The van der Waals surface area contributed by atoms with Crippen molar-refractivity contribution in [2.75, 3.05) is 33.4 Å². The van der Waals surface area contributed by atoms with E-state index >= 15 is 0 Å². The first-order valence-corrected chi connectivity index (χ1v) is 21.9. The first-order chi connectivity index (χ1) is 31.7. The number of benzene rings is 5. The highest BCUT2D eigenvalue weighted by Crippen LogP contribution is 2.30. The quantitative estimate of drug-likeness (QED) is 0.0652. The Morgan fingerprint density at radius 1 is 0.677 bits per heavy atom. The number of carboxylic acid groups (broad SMARTS) is 1. The lowest BCUT2D eigenvalue weighted by atomic mass is 9.90. The van der Waals surface area contributed by atoms with Gasteiger partial charge in [-0.15, -0.1) is 0 Å². The summed E-state index contributed by atoms with van der Waals surface area (Å²) in [6, 6.07) is 45.8. The molecule has 11 nitrogen and oxygen atoms in total. The van der Waals surface area contributed by atoms with Gasteiger partial charge in [-0.05, 0) is 97.8 Å². The average Bonchev–Trinajstić information content (AvgIpc) is 4.03. The van der Waals surface area contributed by atoms with Gasteiger partial charge in [-0.25, -0.2) is 14.8 Å². The second kappa shape index (κ2) is 22.9. The van der Waals surface area contributed by atoms with Gasteiger partial charge in [-0.1, -0.05) is 97.1 Å². The van der Waals surface area contributed by atoms with Crippen molar-refractivity contribution in [2.24, 2.45) is 11.8 Å². The largest absolute Gasteiger partial charge is 0.493 e. The zero-order valence-electron chi connectivity index (χ0n) is 37.1. The maximum absolute atomic E-state index is 12.0. The third-order valence-electron chi connectivity index (χ3n) is 11.2. The summed E-state index contributed by atoms with van der Waals surface area (Å²) in [7, 11) is 1.36. The van der Waals surface area contributed by atoms with E-state index in [4.69, 9.17) is 18.3 Å². The predicted octanol–water partition coefficient (Wildman–Crippen LogP) is 10.2. The minimum Gasteiger partial charge on any atom is -0.493 e. The molecule has 1 saturated heterocycles. The third-order valence-corrected chi connectivity index (χ3v) is 11.2. The molecule has 5 aromatic carbocycles. The van der Waals surface area contributed by atoms with Crippen LogP contribution >= 0.6 is 0 Å². The molecule has 8 rings (SSSR count). The van der Waals surface area contributed by atoms with Gasteiger partial charge in [0.2, 0.25) is 11.8 Å². The van der Waals surface area contributed by atoms with E-state index in [1.807, 2.05) is 135 Å². The molecule has 1 aliphatic rings. The summed E-state index contributed by atoms with van der Waals surface area (Å²) in [5, 5.41) is 9.86. The molecule has 1 fully saturated rings. The van der Waals surface area contributed by atoms with E-state index in [2.05, 4.69) is 37.8 Å². The fourth-order valence-corrected chi connectivity index (χ4v) is 7.86.